The predicted molar refractivity (Wildman–Crippen MR) is 52.5 cm³/mol. The number of hydrogen-bond acceptors (Lipinski definition) is 5. The molecule has 3 rings (SSSR count). The zero-order valence-electron chi connectivity index (χ0n) is 9.43. The second-order valence-corrected chi connectivity index (χ2v) is 5.29. The molecular formula is C11H16O5. The topological polar surface area (TPSA) is 65.0 Å². The van der Waals surface area contributed by atoms with Crippen molar-refractivity contribution in [3.05, 3.63) is 0 Å². The molecular weight excluding hydrogens is 212 g/mol. The lowest BCUT2D eigenvalue weighted by Gasteiger charge is -2.36. The number of rotatable bonds is 0. The molecule has 0 radical (unpaired) electrons. The number of carbonyl (C=O) groups excluding carboxylic acids is 1. The Morgan fingerprint density at radius 1 is 1.38 bits per heavy atom. The summed E-state index contributed by atoms with van der Waals surface area (Å²) in [5, 5.41) is 10.5. The maximum absolute atomic E-state index is 11.4. The minimum atomic E-state index is -1.20. The van der Waals surface area contributed by atoms with Crippen LogP contribution in [0.4, 0.5) is 0 Å². The van der Waals surface area contributed by atoms with Crippen molar-refractivity contribution in [2.24, 2.45) is 0 Å². The van der Waals surface area contributed by atoms with Gasteiger partial charge >= 0.3 is 0 Å². The lowest BCUT2D eigenvalue weighted by molar-refractivity contribution is -0.233. The van der Waals surface area contributed by atoms with E-state index in [9.17, 15) is 9.90 Å². The second-order valence-electron chi connectivity index (χ2n) is 5.29. The van der Waals surface area contributed by atoms with E-state index >= 15 is 0 Å². The van der Waals surface area contributed by atoms with Crippen LogP contribution < -0.4 is 0 Å². The van der Waals surface area contributed by atoms with Crippen LogP contribution in [0.2, 0.25) is 0 Å². The molecule has 16 heavy (non-hydrogen) atoms. The van der Waals surface area contributed by atoms with Gasteiger partial charge in [0.2, 0.25) is 0 Å². The maximum Gasteiger partial charge on any atom is 0.190 e. The van der Waals surface area contributed by atoms with Crippen LogP contribution >= 0.6 is 0 Å². The van der Waals surface area contributed by atoms with Gasteiger partial charge in [0.25, 0.3) is 0 Å². The van der Waals surface area contributed by atoms with E-state index in [4.69, 9.17) is 14.2 Å². The molecule has 1 N–H and O–H groups in total. The summed E-state index contributed by atoms with van der Waals surface area (Å²) < 4.78 is 16.8. The lowest BCUT2D eigenvalue weighted by atomic mass is 9.79. The number of ketones is 1. The van der Waals surface area contributed by atoms with Crippen LogP contribution in [0.1, 0.15) is 33.1 Å². The number of hydrogen-bond donors (Lipinski definition) is 1. The van der Waals surface area contributed by atoms with Crippen LogP contribution in [0.5, 0.6) is 0 Å². The summed E-state index contributed by atoms with van der Waals surface area (Å²) in [5.41, 5.74) is -1.20. The fourth-order valence-electron chi connectivity index (χ4n) is 2.86. The number of ether oxygens (including phenoxy) is 3. The van der Waals surface area contributed by atoms with Crippen molar-refractivity contribution in [2.75, 3.05) is 0 Å². The van der Waals surface area contributed by atoms with Gasteiger partial charge in [0, 0.05) is 12.8 Å². The van der Waals surface area contributed by atoms with E-state index in [0.717, 1.165) is 0 Å². The zero-order valence-corrected chi connectivity index (χ0v) is 9.43. The molecule has 3 fully saturated rings. The van der Waals surface area contributed by atoms with Crippen LogP contribution in [0, 0.1) is 0 Å². The molecule has 0 aromatic rings. The summed E-state index contributed by atoms with van der Waals surface area (Å²) >= 11 is 0. The Balaban J connectivity index is 1.89. The van der Waals surface area contributed by atoms with Gasteiger partial charge in [0.1, 0.15) is 17.5 Å². The molecule has 90 valence electrons. The van der Waals surface area contributed by atoms with Crippen molar-refractivity contribution in [3.63, 3.8) is 0 Å². The highest BCUT2D eigenvalue weighted by atomic mass is 16.8. The molecule has 1 aliphatic carbocycles. The van der Waals surface area contributed by atoms with Gasteiger partial charge in [0.15, 0.2) is 12.1 Å². The average Bonchev–Trinajstić information content (AvgIpc) is 2.57. The van der Waals surface area contributed by atoms with E-state index in [1.165, 1.54) is 0 Å². The van der Waals surface area contributed by atoms with Crippen molar-refractivity contribution >= 4 is 5.78 Å². The summed E-state index contributed by atoms with van der Waals surface area (Å²) in [4.78, 5) is 11.4. The fourth-order valence-corrected chi connectivity index (χ4v) is 2.86. The van der Waals surface area contributed by atoms with E-state index in [1.807, 2.05) is 0 Å². The standard InChI is InChI=1S/C11H16O5/c1-10(2)15-8-9(16-10)14-7-4-3-6(12)5-11(7,8)13/h7-9,13H,3-5H2,1-2H3/t7?,8-,9+,11-/m0/s1. The second kappa shape index (κ2) is 3.04. The quantitative estimate of drug-likeness (QED) is 0.648. The van der Waals surface area contributed by atoms with Gasteiger partial charge in [0.05, 0.1) is 6.10 Å². The first-order valence-corrected chi connectivity index (χ1v) is 5.66. The van der Waals surface area contributed by atoms with Gasteiger partial charge in [-0.15, -0.1) is 0 Å². The molecule has 2 saturated heterocycles. The van der Waals surface area contributed by atoms with Gasteiger partial charge in [-0.3, -0.25) is 4.79 Å². The highest BCUT2D eigenvalue weighted by Gasteiger charge is 2.64. The van der Waals surface area contributed by atoms with Gasteiger partial charge < -0.3 is 19.3 Å². The minimum absolute atomic E-state index is 0.0660. The Morgan fingerprint density at radius 3 is 2.88 bits per heavy atom. The Morgan fingerprint density at radius 2 is 2.12 bits per heavy atom. The number of Topliss-reactive ketones (excluding diaryl/α,β-unsaturated/α-hetero) is 1. The Hall–Kier alpha value is -0.490. The summed E-state index contributed by atoms with van der Waals surface area (Å²) in [6.07, 6.45) is -0.298. The molecule has 4 atom stereocenters. The lowest BCUT2D eigenvalue weighted by Crippen LogP contribution is -2.52. The largest absolute Gasteiger partial charge is 0.384 e. The monoisotopic (exact) mass is 228 g/mol. The molecule has 2 aliphatic heterocycles. The minimum Gasteiger partial charge on any atom is -0.384 e. The molecule has 0 amide bonds. The van der Waals surface area contributed by atoms with Crippen LogP contribution in [-0.4, -0.2) is 40.8 Å². The van der Waals surface area contributed by atoms with E-state index < -0.39 is 23.8 Å². The molecule has 1 saturated carbocycles. The number of fused-ring (bicyclic) bond motifs is 3. The van der Waals surface area contributed by atoms with Gasteiger partial charge in [-0.25, -0.2) is 0 Å². The smallest absolute Gasteiger partial charge is 0.190 e. The number of aliphatic hydroxyl groups is 1. The first kappa shape index (κ1) is 10.7. The molecule has 3 aliphatic rings. The fraction of sp³-hybridized carbons (Fsp3) is 0.909. The normalized spacial score (nSPS) is 50.2. The molecule has 1 unspecified atom stereocenters. The number of carbonyl (C=O) groups is 1. The third-order valence-corrected chi connectivity index (χ3v) is 3.57. The third-order valence-electron chi connectivity index (χ3n) is 3.57. The summed E-state index contributed by atoms with van der Waals surface area (Å²) in [5.74, 6) is -0.687. The van der Waals surface area contributed by atoms with E-state index in [1.54, 1.807) is 13.8 Å². The molecule has 0 spiro atoms. The van der Waals surface area contributed by atoms with Crippen LogP contribution in [-0.2, 0) is 19.0 Å². The molecule has 5 heteroatoms. The van der Waals surface area contributed by atoms with Gasteiger partial charge in [-0.1, -0.05) is 0 Å². The molecule has 2 heterocycles. The summed E-state index contributed by atoms with van der Waals surface area (Å²) in [6.45, 7) is 3.55. The van der Waals surface area contributed by atoms with Crippen molar-refractivity contribution in [1.29, 1.82) is 0 Å². The van der Waals surface area contributed by atoms with E-state index in [0.29, 0.717) is 12.8 Å². The SMILES string of the molecule is CC1(C)O[C@H]2OC3CCC(=O)C[C@@]3(O)[C@H]2O1. The van der Waals surface area contributed by atoms with Gasteiger partial charge in [-0.2, -0.15) is 0 Å². The van der Waals surface area contributed by atoms with Crippen molar-refractivity contribution in [1.82, 2.24) is 0 Å². The van der Waals surface area contributed by atoms with Crippen molar-refractivity contribution in [2.45, 2.75) is 63.0 Å². The zero-order chi connectivity index (χ0) is 11.6. The Bertz CT molecular complexity index is 339. The first-order chi connectivity index (χ1) is 7.41. The Labute approximate surface area is 93.7 Å². The predicted octanol–water partition coefficient (Wildman–Crippen LogP) is 0.347. The van der Waals surface area contributed by atoms with E-state index in [-0.39, 0.29) is 18.3 Å². The molecule has 0 aromatic heterocycles. The van der Waals surface area contributed by atoms with Crippen molar-refractivity contribution in [3.8, 4) is 0 Å². The molecule has 5 nitrogen and oxygen atoms in total. The highest BCUT2D eigenvalue weighted by Crippen LogP contribution is 2.47. The van der Waals surface area contributed by atoms with Crippen LogP contribution in [0.15, 0.2) is 0 Å². The summed E-state index contributed by atoms with van der Waals surface area (Å²) in [7, 11) is 0. The maximum atomic E-state index is 11.4. The van der Waals surface area contributed by atoms with Crippen LogP contribution in [0.3, 0.4) is 0 Å². The van der Waals surface area contributed by atoms with E-state index in [2.05, 4.69) is 0 Å². The molecule has 0 aromatic carbocycles. The Kier molecular flexibility index (Phi) is 2.02. The highest BCUT2D eigenvalue weighted by molar-refractivity contribution is 5.81. The van der Waals surface area contributed by atoms with Crippen molar-refractivity contribution < 1.29 is 24.1 Å². The average molecular weight is 228 g/mol. The first-order valence-electron chi connectivity index (χ1n) is 5.66. The molecule has 0 bridgehead atoms. The van der Waals surface area contributed by atoms with Crippen LogP contribution in [0.25, 0.3) is 0 Å². The third kappa shape index (κ3) is 1.35. The summed E-state index contributed by atoms with van der Waals surface area (Å²) in [6, 6.07) is 0. The van der Waals surface area contributed by atoms with Gasteiger partial charge in [-0.05, 0) is 20.3 Å².